The molecule has 0 amide bonds. The van der Waals surface area contributed by atoms with Gasteiger partial charge >= 0.3 is 0 Å². The summed E-state index contributed by atoms with van der Waals surface area (Å²) >= 11 is 5.93. The van der Waals surface area contributed by atoms with Crippen molar-refractivity contribution in [1.29, 1.82) is 5.26 Å². The summed E-state index contributed by atoms with van der Waals surface area (Å²) in [6, 6.07) is 7.14. The predicted molar refractivity (Wildman–Crippen MR) is 81.8 cm³/mol. The second-order valence-corrected chi connectivity index (χ2v) is 5.84. The second-order valence-electron chi connectivity index (χ2n) is 2.97. The number of ketones is 1. The van der Waals surface area contributed by atoms with E-state index in [1.807, 2.05) is 18.4 Å². The molecule has 0 saturated heterocycles. The van der Waals surface area contributed by atoms with Gasteiger partial charge in [0.05, 0.1) is 0 Å². The maximum atomic E-state index is 11.8. The van der Waals surface area contributed by atoms with Crippen LogP contribution in [0.25, 0.3) is 0 Å². The largest absolute Gasteiger partial charge is 0.289 e. The normalized spacial score (nSPS) is 11.5. The van der Waals surface area contributed by atoms with Gasteiger partial charge in [0.1, 0.15) is 4.38 Å². The Kier molecular flexibility index (Phi) is 6.80. The molecule has 1 rings (SSSR count). The minimum Gasteiger partial charge on any atom is -0.289 e. The maximum Gasteiger partial charge on any atom is 0.207 e. The van der Waals surface area contributed by atoms with E-state index in [2.05, 4.69) is 20.9 Å². The van der Waals surface area contributed by atoms with Crippen LogP contribution >= 0.6 is 39.5 Å². The maximum absolute atomic E-state index is 11.8. The van der Waals surface area contributed by atoms with Crippen LogP contribution in [-0.2, 0) is 0 Å². The summed E-state index contributed by atoms with van der Waals surface area (Å²) in [5, 5.41) is 10.1. The molecule has 0 spiro atoms. The first kappa shape index (κ1) is 15.0. The quantitative estimate of drug-likeness (QED) is 0.273. The predicted octanol–water partition coefficient (Wildman–Crippen LogP) is 4.08. The molecule has 18 heavy (non-hydrogen) atoms. The number of thioether (sulfide) groups is 2. The van der Waals surface area contributed by atoms with Crippen LogP contribution in [0.15, 0.2) is 45.2 Å². The summed E-state index contributed by atoms with van der Waals surface area (Å²) in [5.41, 5.74) is 0.623. The highest BCUT2D eigenvalue weighted by atomic mass is 79.9. The number of carbonyl (C=O) groups excluding carboxylic acids is 1. The van der Waals surface area contributed by atoms with Crippen molar-refractivity contribution in [2.24, 2.45) is 4.99 Å². The van der Waals surface area contributed by atoms with Crippen LogP contribution in [-0.4, -0.2) is 16.4 Å². The SMILES string of the molecule is CSC(=NC#N)S/C=C/C(=O)c1ccc(Br)cc1. The molecule has 0 radical (unpaired) electrons. The van der Waals surface area contributed by atoms with Crippen molar-refractivity contribution in [2.45, 2.75) is 0 Å². The van der Waals surface area contributed by atoms with Crippen LogP contribution in [0.4, 0.5) is 0 Å². The number of nitriles is 1. The first-order valence-corrected chi connectivity index (χ1v) is 7.71. The molecule has 3 nitrogen and oxygen atoms in total. The first-order valence-electron chi connectivity index (χ1n) is 4.81. The summed E-state index contributed by atoms with van der Waals surface area (Å²) in [5.74, 6) is -0.0765. The fourth-order valence-electron chi connectivity index (χ4n) is 1.03. The van der Waals surface area contributed by atoms with Crippen LogP contribution in [0.2, 0.25) is 0 Å². The number of rotatable bonds is 3. The van der Waals surface area contributed by atoms with Crippen molar-refractivity contribution in [2.75, 3.05) is 6.26 Å². The highest BCUT2D eigenvalue weighted by molar-refractivity contribution is 9.10. The molecular weight excluding hydrogens is 332 g/mol. The molecule has 92 valence electrons. The third kappa shape index (κ3) is 5.08. The lowest BCUT2D eigenvalue weighted by Gasteiger charge is -1.96. The van der Waals surface area contributed by atoms with E-state index in [4.69, 9.17) is 5.26 Å². The van der Waals surface area contributed by atoms with Crippen LogP contribution in [0, 0.1) is 11.5 Å². The Hall–Kier alpha value is -1.03. The Morgan fingerprint density at radius 1 is 1.44 bits per heavy atom. The summed E-state index contributed by atoms with van der Waals surface area (Å²) in [4.78, 5) is 15.4. The van der Waals surface area contributed by atoms with Crippen molar-refractivity contribution in [1.82, 2.24) is 0 Å². The second kappa shape index (κ2) is 8.14. The van der Waals surface area contributed by atoms with E-state index < -0.39 is 0 Å². The Labute approximate surface area is 122 Å². The van der Waals surface area contributed by atoms with Gasteiger partial charge in [0, 0.05) is 10.0 Å². The number of hydrogen-bond acceptors (Lipinski definition) is 5. The molecule has 1 aromatic rings. The average Bonchev–Trinajstić information content (AvgIpc) is 2.38. The molecule has 0 atom stereocenters. The van der Waals surface area contributed by atoms with E-state index in [1.165, 1.54) is 29.6 Å². The summed E-state index contributed by atoms with van der Waals surface area (Å²) in [7, 11) is 0. The van der Waals surface area contributed by atoms with Crippen LogP contribution in [0.5, 0.6) is 0 Å². The van der Waals surface area contributed by atoms with Crippen LogP contribution in [0.1, 0.15) is 10.4 Å². The number of aliphatic imine (C=N–C) groups is 1. The first-order chi connectivity index (χ1) is 8.67. The molecule has 0 N–H and O–H groups in total. The Bertz CT molecular complexity index is 518. The van der Waals surface area contributed by atoms with Gasteiger partial charge in [0.15, 0.2) is 5.78 Å². The van der Waals surface area contributed by atoms with Gasteiger partial charge in [-0.25, -0.2) is 0 Å². The number of allylic oxidation sites excluding steroid dienone is 1. The highest BCUT2D eigenvalue weighted by Gasteiger charge is 2.01. The number of nitrogens with zero attached hydrogens (tertiary/aromatic N) is 2. The Morgan fingerprint density at radius 3 is 2.67 bits per heavy atom. The van der Waals surface area contributed by atoms with Crippen molar-refractivity contribution < 1.29 is 4.79 Å². The van der Waals surface area contributed by atoms with Gasteiger partial charge in [-0.2, -0.15) is 10.3 Å². The van der Waals surface area contributed by atoms with Gasteiger partial charge in [-0.15, -0.1) is 11.8 Å². The number of halogens is 1. The third-order valence-corrected chi connectivity index (χ3v) is 4.16. The molecule has 0 bridgehead atoms. The standard InChI is InChI=1S/C12H9BrN2OS2/c1-17-12(15-8-14)18-7-6-11(16)9-2-4-10(13)5-3-9/h2-7H,1H3/b7-6+,15-12?. The van der Waals surface area contributed by atoms with Gasteiger partial charge in [0.25, 0.3) is 0 Å². The third-order valence-electron chi connectivity index (χ3n) is 1.83. The Morgan fingerprint density at radius 2 is 2.11 bits per heavy atom. The smallest absolute Gasteiger partial charge is 0.207 e. The van der Waals surface area contributed by atoms with E-state index in [1.54, 1.807) is 23.7 Å². The molecule has 0 unspecified atom stereocenters. The topological polar surface area (TPSA) is 53.2 Å². The number of hydrogen-bond donors (Lipinski definition) is 0. The fourth-order valence-corrected chi connectivity index (χ4v) is 2.37. The molecule has 1 aromatic carbocycles. The Balaban J connectivity index is 2.63. The summed E-state index contributed by atoms with van der Waals surface area (Å²) in [6.07, 6.45) is 5.01. The lowest BCUT2D eigenvalue weighted by molar-refractivity contribution is 0.104. The number of benzene rings is 1. The van der Waals surface area contributed by atoms with Crippen molar-refractivity contribution >= 4 is 49.6 Å². The molecule has 0 aliphatic carbocycles. The van der Waals surface area contributed by atoms with Gasteiger partial charge in [0.2, 0.25) is 6.19 Å². The van der Waals surface area contributed by atoms with Crippen LogP contribution in [0.3, 0.4) is 0 Å². The van der Waals surface area contributed by atoms with E-state index in [-0.39, 0.29) is 5.78 Å². The van der Waals surface area contributed by atoms with Crippen molar-refractivity contribution in [3.05, 3.63) is 45.8 Å². The summed E-state index contributed by atoms with van der Waals surface area (Å²) in [6.45, 7) is 0. The van der Waals surface area contributed by atoms with Crippen LogP contribution < -0.4 is 0 Å². The zero-order valence-electron chi connectivity index (χ0n) is 9.46. The lowest BCUT2D eigenvalue weighted by atomic mass is 10.1. The number of carbonyl (C=O) groups is 1. The zero-order valence-corrected chi connectivity index (χ0v) is 12.7. The van der Waals surface area contributed by atoms with E-state index in [0.29, 0.717) is 9.94 Å². The van der Waals surface area contributed by atoms with Gasteiger partial charge in [-0.05, 0) is 42.0 Å². The molecule has 0 saturated carbocycles. The molecule has 0 fully saturated rings. The minimum absolute atomic E-state index is 0.0765. The molecule has 0 heterocycles. The molecule has 0 aromatic heterocycles. The fraction of sp³-hybridized carbons (Fsp3) is 0.0833. The minimum atomic E-state index is -0.0765. The monoisotopic (exact) mass is 340 g/mol. The van der Waals surface area contributed by atoms with E-state index in [0.717, 1.165) is 4.47 Å². The van der Waals surface area contributed by atoms with Crippen molar-refractivity contribution in [3.8, 4) is 6.19 Å². The molecule has 0 aliphatic heterocycles. The lowest BCUT2D eigenvalue weighted by Crippen LogP contribution is -1.93. The van der Waals surface area contributed by atoms with E-state index in [9.17, 15) is 4.79 Å². The van der Waals surface area contributed by atoms with Gasteiger partial charge in [-0.3, -0.25) is 4.79 Å². The molecule has 0 aliphatic rings. The van der Waals surface area contributed by atoms with Gasteiger partial charge in [-0.1, -0.05) is 27.7 Å². The molecule has 6 heteroatoms. The average molecular weight is 341 g/mol. The summed E-state index contributed by atoms with van der Waals surface area (Å²) < 4.78 is 1.54. The van der Waals surface area contributed by atoms with Gasteiger partial charge < -0.3 is 0 Å². The zero-order chi connectivity index (χ0) is 13.4. The molecular formula is C12H9BrN2OS2. The van der Waals surface area contributed by atoms with Crippen molar-refractivity contribution in [3.63, 3.8) is 0 Å². The highest BCUT2D eigenvalue weighted by Crippen LogP contribution is 2.16. The van der Waals surface area contributed by atoms with E-state index >= 15 is 0 Å².